The van der Waals surface area contributed by atoms with E-state index >= 15 is 0 Å². The number of esters is 1. The number of benzene rings is 2. The van der Waals surface area contributed by atoms with Gasteiger partial charge in [0.25, 0.3) is 11.7 Å². The number of aliphatic hydroxyl groups excluding tert-OH is 1. The first-order valence-electron chi connectivity index (χ1n) is 12.9. The van der Waals surface area contributed by atoms with E-state index in [1.54, 1.807) is 62.0 Å². The average molecular weight is 529 g/mol. The van der Waals surface area contributed by atoms with E-state index in [0.29, 0.717) is 46.7 Å². The molecule has 1 aromatic heterocycles. The summed E-state index contributed by atoms with van der Waals surface area (Å²) >= 11 is 0. The lowest BCUT2D eigenvalue weighted by atomic mass is 9.91. The second kappa shape index (κ2) is 11.5. The molecule has 3 aromatic rings. The number of Topliss-reactive ketones (excluding diaryl/α,β-unsaturated/α-hetero) is 1. The van der Waals surface area contributed by atoms with Crippen LogP contribution in [0.25, 0.3) is 5.76 Å². The lowest BCUT2D eigenvalue weighted by molar-refractivity contribution is -0.132. The molecular weight excluding hydrogens is 496 g/mol. The fraction of sp³-hybridized carbons (Fsp3) is 0.290. The van der Waals surface area contributed by atoms with Gasteiger partial charge in [-0.3, -0.25) is 19.5 Å². The van der Waals surface area contributed by atoms with Crippen LogP contribution in [-0.4, -0.2) is 41.5 Å². The normalized spacial score (nSPS) is 16.6. The van der Waals surface area contributed by atoms with Crippen molar-refractivity contribution in [1.29, 1.82) is 0 Å². The number of rotatable bonds is 8. The third kappa shape index (κ3) is 5.27. The second-order valence-electron chi connectivity index (χ2n) is 9.70. The predicted molar refractivity (Wildman–Crippen MR) is 148 cm³/mol. The van der Waals surface area contributed by atoms with Gasteiger partial charge in [0.2, 0.25) is 0 Å². The molecule has 4 rings (SSSR count). The molecule has 1 aliphatic rings. The van der Waals surface area contributed by atoms with Crippen LogP contribution in [0.5, 0.6) is 5.75 Å². The second-order valence-corrected chi connectivity index (χ2v) is 9.70. The molecular formula is C31H32N2O6. The van der Waals surface area contributed by atoms with E-state index in [1.165, 1.54) is 4.90 Å². The molecule has 202 valence electrons. The molecule has 1 unspecified atom stereocenters. The minimum absolute atomic E-state index is 0.0394. The van der Waals surface area contributed by atoms with Gasteiger partial charge in [-0.15, -0.1) is 0 Å². The molecule has 1 amide bonds. The van der Waals surface area contributed by atoms with Crippen molar-refractivity contribution in [3.8, 4) is 5.75 Å². The lowest BCUT2D eigenvalue weighted by Gasteiger charge is -2.25. The molecule has 1 N–H and O–H groups in total. The summed E-state index contributed by atoms with van der Waals surface area (Å²) in [4.78, 5) is 44.8. The Balaban J connectivity index is 1.87. The van der Waals surface area contributed by atoms with Crippen molar-refractivity contribution < 1.29 is 29.0 Å². The van der Waals surface area contributed by atoms with Crippen LogP contribution in [0.3, 0.4) is 0 Å². The van der Waals surface area contributed by atoms with E-state index in [0.717, 1.165) is 5.56 Å². The van der Waals surface area contributed by atoms with Crippen LogP contribution in [0.1, 0.15) is 71.8 Å². The Kier molecular flexibility index (Phi) is 8.14. The summed E-state index contributed by atoms with van der Waals surface area (Å²) < 4.78 is 10.7. The topological polar surface area (TPSA) is 106 Å². The summed E-state index contributed by atoms with van der Waals surface area (Å²) in [6.45, 7) is 8.04. The highest BCUT2D eigenvalue weighted by Crippen LogP contribution is 2.43. The number of nitrogens with zero attached hydrogens (tertiary/aromatic N) is 2. The van der Waals surface area contributed by atoms with E-state index in [9.17, 15) is 19.5 Å². The van der Waals surface area contributed by atoms with E-state index in [1.807, 2.05) is 33.8 Å². The molecule has 39 heavy (non-hydrogen) atoms. The third-order valence-electron chi connectivity index (χ3n) is 6.72. The molecule has 2 aromatic carbocycles. The van der Waals surface area contributed by atoms with E-state index in [-0.39, 0.29) is 17.3 Å². The van der Waals surface area contributed by atoms with Gasteiger partial charge in [-0.25, -0.2) is 4.79 Å². The number of aromatic nitrogens is 1. The molecule has 8 heteroatoms. The number of ether oxygens (including phenoxy) is 2. The number of amides is 1. The van der Waals surface area contributed by atoms with Crippen molar-refractivity contribution in [2.45, 2.75) is 46.1 Å². The zero-order valence-corrected chi connectivity index (χ0v) is 22.7. The Morgan fingerprint density at radius 3 is 2.44 bits per heavy atom. The number of carbonyl (C=O) groups is 3. The number of hydrogen-bond donors (Lipinski definition) is 1. The average Bonchev–Trinajstić information content (AvgIpc) is 3.21. The number of carbonyl (C=O) groups excluding carboxylic acids is 3. The van der Waals surface area contributed by atoms with Gasteiger partial charge in [0, 0.05) is 23.6 Å². The first-order valence-corrected chi connectivity index (χ1v) is 12.9. The Bertz CT molecular complexity index is 1430. The van der Waals surface area contributed by atoms with Crippen molar-refractivity contribution in [3.05, 3.63) is 94.3 Å². The Morgan fingerprint density at radius 1 is 1.13 bits per heavy atom. The Hall–Kier alpha value is -4.46. The van der Waals surface area contributed by atoms with Gasteiger partial charge in [0.15, 0.2) is 0 Å². The van der Waals surface area contributed by atoms with Crippen LogP contribution in [0.4, 0.5) is 5.69 Å². The number of pyridine rings is 1. The molecule has 0 aliphatic carbocycles. The highest BCUT2D eigenvalue weighted by Gasteiger charge is 2.47. The maximum absolute atomic E-state index is 13.5. The van der Waals surface area contributed by atoms with Crippen LogP contribution in [-0.2, 0) is 14.3 Å². The minimum Gasteiger partial charge on any atom is -0.507 e. The smallest absolute Gasteiger partial charge is 0.338 e. The molecule has 1 saturated heterocycles. The molecule has 0 radical (unpaired) electrons. The molecule has 0 spiro atoms. The van der Waals surface area contributed by atoms with E-state index in [4.69, 9.17) is 9.47 Å². The van der Waals surface area contributed by atoms with Gasteiger partial charge in [-0.1, -0.05) is 26.8 Å². The fourth-order valence-corrected chi connectivity index (χ4v) is 4.71. The monoisotopic (exact) mass is 528 g/mol. The molecule has 2 heterocycles. The van der Waals surface area contributed by atoms with Gasteiger partial charge in [0.05, 0.1) is 30.9 Å². The highest BCUT2D eigenvalue weighted by atomic mass is 16.5. The van der Waals surface area contributed by atoms with Crippen molar-refractivity contribution in [3.63, 3.8) is 0 Å². The van der Waals surface area contributed by atoms with Crippen LogP contribution in [0.2, 0.25) is 0 Å². The molecule has 0 saturated carbocycles. The van der Waals surface area contributed by atoms with Gasteiger partial charge >= 0.3 is 5.97 Å². The summed E-state index contributed by atoms with van der Waals surface area (Å²) in [5.41, 5.74) is 3.24. The molecule has 8 nitrogen and oxygen atoms in total. The summed E-state index contributed by atoms with van der Waals surface area (Å²) in [7, 11) is 1.59. The summed E-state index contributed by atoms with van der Waals surface area (Å²) in [5.74, 6) is -1.57. The SMILES string of the molecule is CCCOC(=O)c1ccc(N2C(=O)C(=O)/C(=C(/O)c3cc(C(C)C)c(OC)cc3C)C2c2cccnc2)cc1. The van der Waals surface area contributed by atoms with Gasteiger partial charge in [-0.2, -0.15) is 0 Å². The van der Waals surface area contributed by atoms with Crippen molar-refractivity contribution in [1.82, 2.24) is 4.98 Å². The number of methoxy groups -OCH3 is 1. The van der Waals surface area contributed by atoms with Crippen LogP contribution >= 0.6 is 0 Å². The van der Waals surface area contributed by atoms with Gasteiger partial charge in [-0.05, 0) is 78.4 Å². The number of ketones is 1. The van der Waals surface area contributed by atoms with Crippen molar-refractivity contribution in [2.24, 2.45) is 0 Å². The van der Waals surface area contributed by atoms with Crippen LogP contribution in [0, 0.1) is 6.92 Å². The van der Waals surface area contributed by atoms with Crippen LogP contribution < -0.4 is 9.64 Å². The zero-order chi connectivity index (χ0) is 28.3. The molecule has 1 aliphatic heterocycles. The molecule has 1 fully saturated rings. The number of aliphatic hydroxyl groups is 1. The van der Waals surface area contributed by atoms with E-state index in [2.05, 4.69) is 4.98 Å². The first-order chi connectivity index (χ1) is 18.7. The Morgan fingerprint density at radius 2 is 1.85 bits per heavy atom. The van der Waals surface area contributed by atoms with Crippen molar-refractivity contribution >= 4 is 29.1 Å². The summed E-state index contributed by atoms with van der Waals surface area (Å²) in [5, 5.41) is 11.6. The highest BCUT2D eigenvalue weighted by molar-refractivity contribution is 6.51. The van der Waals surface area contributed by atoms with E-state index < -0.39 is 23.7 Å². The quantitative estimate of drug-likeness (QED) is 0.173. The lowest BCUT2D eigenvalue weighted by Crippen LogP contribution is -2.29. The van der Waals surface area contributed by atoms with Crippen molar-refractivity contribution in [2.75, 3.05) is 18.6 Å². The number of anilines is 1. The molecule has 0 bridgehead atoms. The van der Waals surface area contributed by atoms with Gasteiger partial charge < -0.3 is 14.6 Å². The maximum Gasteiger partial charge on any atom is 0.338 e. The van der Waals surface area contributed by atoms with Gasteiger partial charge in [0.1, 0.15) is 11.5 Å². The predicted octanol–water partition coefficient (Wildman–Crippen LogP) is 5.72. The number of aryl methyl sites for hydroxylation is 1. The number of hydrogen-bond acceptors (Lipinski definition) is 7. The third-order valence-corrected chi connectivity index (χ3v) is 6.72. The fourth-order valence-electron chi connectivity index (χ4n) is 4.71. The largest absolute Gasteiger partial charge is 0.507 e. The molecule has 1 atom stereocenters. The standard InChI is InChI=1S/C31H32N2O6/c1-6-14-39-31(37)20-9-11-22(12-10-20)33-27(21-8-7-13-32-17-21)26(29(35)30(33)36)28(34)24-16-23(18(2)3)25(38-5)15-19(24)4/h7-13,15-18,27,34H,6,14H2,1-5H3/b28-26+. The summed E-state index contributed by atoms with van der Waals surface area (Å²) in [6, 6.07) is 12.4. The Labute approximate surface area is 227 Å². The summed E-state index contributed by atoms with van der Waals surface area (Å²) in [6.07, 6.45) is 3.86. The van der Waals surface area contributed by atoms with Crippen LogP contribution in [0.15, 0.2) is 66.5 Å². The maximum atomic E-state index is 13.5. The minimum atomic E-state index is -0.930. The first kappa shape index (κ1) is 27.6. The zero-order valence-electron chi connectivity index (χ0n) is 22.7.